The molecule has 0 aromatic carbocycles. The van der Waals surface area contributed by atoms with Gasteiger partial charge in [-0.05, 0) is 13.8 Å². The molecule has 1 aliphatic heterocycles. The van der Waals surface area contributed by atoms with Crippen LogP contribution < -0.4 is 11.1 Å². The molecule has 100 valence electrons. The van der Waals surface area contributed by atoms with Crippen LogP contribution in [0.3, 0.4) is 0 Å². The number of anilines is 2. The van der Waals surface area contributed by atoms with Crippen LogP contribution in [0.2, 0.25) is 0 Å². The fourth-order valence-electron chi connectivity index (χ4n) is 2.00. The van der Waals surface area contributed by atoms with E-state index in [0.717, 1.165) is 32.8 Å². The van der Waals surface area contributed by atoms with Crippen LogP contribution in [0.4, 0.5) is 11.9 Å². The summed E-state index contributed by atoms with van der Waals surface area (Å²) in [6.07, 6.45) is 0. The van der Waals surface area contributed by atoms with E-state index in [2.05, 4.69) is 32.1 Å². The Bertz CT molecular complexity index is 373. The number of nitrogens with two attached hydrogens (primary N) is 1. The van der Waals surface area contributed by atoms with Crippen molar-refractivity contribution in [3.63, 3.8) is 0 Å². The number of rotatable bonds is 4. The van der Waals surface area contributed by atoms with Gasteiger partial charge in [-0.25, -0.2) is 0 Å². The van der Waals surface area contributed by atoms with Crippen molar-refractivity contribution in [2.75, 3.05) is 43.9 Å². The van der Waals surface area contributed by atoms with E-state index in [1.54, 1.807) is 6.92 Å². The van der Waals surface area contributed by atoms with Crippen LogP contribution >= 0.6 is 0 Å². The zero-order valence-electron chi connectivity index (χ0n) is 10.9. The van der Waals surface area contributed by atoms with Crippen LogP contribution in [0.5, 0.6) is 0 Å². The highest BCUT2D eigenvalue weighted by atomic mass is 16.5. The van der Waals surface area contributed by atoms with Gasteiger partial charge in [-0.15, -0.1) is 0 Å². The number of morpholine rings is 1. The maximum absolute atomic E-state index is 5.59. The number of hydrogen-bond acceptors (Lipinski definition) is 7. The number of nitrogens with zero attached hydrogens (tertiary/aromatic N) is 4. The van der Waals surface area contributed by atoms with Crippen LogP contribution in [0.1, 0.15) is 12.7 Å². The summed E-state index contributed by atoms with van der Waals surface area (Å²) in [5, 5.41) is 3.25. The van der Waals surface area contributed by atoms with Gasteiger partial charge in [0.05, 0.1) is 13.2 Å². The van der Waals surface area contributed by atoms with Crippen molar-refractivity contribution >= 4 is 11.9 Å². The van der Waals surface area contributed by atoms with Gasteiger partial charge in [0, 0.05) is 25.7 Å². The first kappa shape index (κ1) is 13.0. The molecule has 0 spiro atoms. The molecule has 3 N–H and O–H groups in total. The lowest BCUT2D eigenvalue weighted by Gasteiger charge is -2.29. The fraction of sp³-hybridized carbons (Fsp3) is 0.727. The SMILES string of the molecule is Cc1nc(N)nc(NC(C)CN2CCOCC2)n1. The monoisotopic (exact) mass is 252 g/mol. The maximum atomic E-state index is 5.59. The molecule has 7 heteroatoms. The normalized spacial score (nSPS) is 18.6. The van der Waals surface area contributed by atoms with E-state index in [0.29, 0.717) is 11.8 Å². The van der Waals surface area contributed by atoms with Crippen LogP contribution in [-0.2, 0) is 4.74 Å². The molecule has 1 unspecified atom stereocenters. The average Bonchev–Trinajstić information content (AvgIpc) is 2.28. The summed E-state index contributed by atoms with van der Waals surface area (Å²) in [6.45, 7) is 8.42. The molecular formula is C11H20N6O. The lowest BCUT2D eigenvalue weighted by molar-refractivity contribution is 0.0368. The number of aromatic nitrogens is 3. The van der Waals surface area contributed by atoms with Crippen molar-refractivity contribution in [1.82, 2.24) is 19.9 Å². The number of aryl methyl sites for hydroxylation is 1. The second kappa shape index (κ2) is 5.92. The highest BCUT2D eigenvalue weighted by Crippen LogP contribution is 2.05. The smallest absolute Gasteiger partial charge is 0.227 e. The molecule has 0 radical (unpaired) electrons. The minimum Gasteiger partial charge on any atom is -0.379 e. The van der Waals surface area contributed by atoms with Gasteiger partial charge >= 0.3 is 0 Å². The van der Waals surface area contributed by atoms with E-state index >= 15 is 0 Å². The van der Waals surface area contributed by atoms with Crippen molar-refractivity contribution in [3.8, 4) is 0 Å². The highest BCUT2D eigenvalue weighted by molar-refractivity contribution is 5.31. The summed E-state index contributed by atoms with van der Waals surface area (Å²) in [5.74, 6) is 1.42. The molecule has 1 aromatic heterocycles. The van der Waals surface area contributed by atoms with E-state index in [-0.39, 0.29) is 12.0 Å². The lowest BCUT2D eigenvalue weighted by Crippen LogP contribution is -2.42. The van der Waals surface area contributed by atoms with Gasteiger partial charge in [-0.3, -0.25) is 4.90 Å². The molecule has 1 aliphatic rings. The third-order valence-corrected chi connectivity index (χ3v) is 2.78. The Morgan fingerprint density at radius 3 is 2.72 bits per heavy atom. The summed E-state index contributed by atoms with van der Waals surface area (Å²) < 4.78 is 5.32. The Hall–Kier alpha value is -1.47. The van der Waals surface area contributed by atoms with Crippen molar-refractivity contribution in [2.45, 2.75) is 19.9 Å². The Balaban J connectivity index is 1.87. The van der Waals surface area contributed by atoms with E-state index in [9.17, 15) is 0 Å². The Morgan fingerprint density at radius 1 is 1.33 bits per heavy atom. The zero-order chi connectivity index (χ0) is 13.0. The van der Waals surface area contributed by atoms with Gasteiger partial charge < -0.3 is 15.8 Å². The number of nitrogen functional groups attached to an aromatic ring is 1. The van der Waals surface area contributed by atoms with Crippen molar-refractivity contribution in [2.24, 2.45) is 0 Å². The summed E-state index contributed by atoms with van der Waals surface area (Å²) in [7, 11) is 0. The quantitative estimate of drug-likeness (QED) is 0.773. The van der Waals surface area contributed by atoms with E-state index in [1.807, 2.05) is 0 Å². The predicted molar refractivity (Wildman–Crippen MR) is 69.3 cm³/mol. The lowest BCUT2D eigenvalue weighted by atomic mass is 10.3. The molecule has 1 atom stereocenters. The summed E-state index contributed by atoms with van der Waals surface area (Å²) in [6, 6.07) is 0.254. The maximum Gasteiger partial charge on any atom is 0.227 e. The molecule has 2 rings (SSSR count). The van der Waals surface area contributed by atoms with E-state index < -0.39 is 0 Å². The molecule has 2 heterocycles. The molecule has 0 aliphatic carbocycles. The molecule has 0 bridgehead atoms. The number of ether oxygens (including phenoxy) is 1. The number of hydrogen-bond donors (Lipinski definition) is 2. The van der Waals surface area contributed by atoms with Gasteiger partial charge in [0.15, 0.2) is 0 Å². The highest BCUT2D eigenvalue weighted by Gasteiger charge is 2.14. The zero-order valence-corrected chi connectivity index (χ0v) is 10.9. The second-order valence-corrected chi connectivity index (χ2v) is 4.52. The fourth-order valence-corrected chi connectivity index (χ4v) is 2.00. The molecular weight excluding hydrogens is 232 g/mol. The summed E-state index contributed by atoms with van der Waals surface area (Å²) >= 11 is 0. The Kier molecular flexibility index (Phi) is 4.27. The summed E-state index contributed by atoms with van der Waals surface area (Å²) in [4.78, 5) is 14.6. The molecule has 1 fully saturated rings. The minimum absolute atomic E-state index is 0.253. The third kappa shape index (κ3) is 3.78. The molecule has 0 amide bonds. The van der Waals surface area contributed by atoms with Gasteiger partial charge in [0.25, 0.3) is 0 Å². The molecule has 1 saturated heterocycles. The second-order valence-electron chi connectivity index (χ2n) is 4.52. The molecule has 7 nitrogen and oxygen atoms in total. The van der Waals surface area contributed by atoms with E-state index in [4.69, 9.17) is 10.5 Å². The first-order chi connectivity index (χ1) is 8.63. The van der Waals surface area contributed by atoms with Gasteiger partial charge in [-0.2, -0.15) is 15.0 Å². The van der Waals surface area contributed by atoms with E-state index in [1.165, 1.54) is 0 Å². The molecule has 1 aromatic rings. The predicted octanol–water partition coefficient (Wildman–Crippen LogP) is -0.105. The van der Waals surface area contributed by atoms with Crippen LogP contribution in [0.15, 0.2) is 0 Å². The van der Waals surface area contributed by atoms with Gasteiger partial charge in [0.2, 0.25) is 11.9 Å². The average molecular weight is 252 g/mol. The Labute approximate surface area is 107 Å². The molecule has 0 saturated carbocycles. The Morgan fingerprint density at radius 2 is 2.06 bits per heavy atom. The summed E-state index contributed by atoms with van der Waals surface area (Å²) in [5.41, 5.74) is 5.59. The van der Waals surface area contributed by atoms with Crippen molar-refractivity contribution < 1.29 is 4.74 Å². The first-order valence-corrected chi connectivity index (χ1v) is 6.18. The van der Waals surface area contributed by atoms with Crippen molar-refractivity contribution in [1.29, 1.82) is 0 Å². The number of nitrogens with one attached hydrogen (secondary N) is 1. The largest absolute Gasteiger partial charge is 0.379 e. The van der Waals surface area contributed by atoms with Gasteiger partial charge in [0.1, 0.15) is 5.82 Å². The van der Waals surface area contributed by atoms with Crippen LogP contribution in [-0.4, -0.2) is 58.7 Å². The third-order valence-electron chi connectivity index (χ3n) is 2.78. The topological polar surface area (TPSA) is 89.2 Å². The van der Waals surface area contributed by atoms with Crippen LogP contribution in [0.25, 0.3) is 0 Å². The van der Waals surface area contributed by atoms with Crippen molar-refractivity contribution in [3.05, 3.63) is 5.82 Å². The minimum atomic E-state index is 0.253. The molecule has 18 heavy (non-hydrogen) atoms. The standard InChI is InChI=1S/C11H20N6O/c1-8(7-17-3-5-18-6-4-17)13-11-15-9(2)14-10(12)16-11/h8H,3-7H2,1-2H3,(H3,12,13,14,15,16). The first-order valence-electron chi connectivity index (χ1n) is 6.18. The van der Waals surface area contributed by atoms with Gasteiger partial charge in [-0.1, -0.05) is 0 Å². The van der Waals surface area contributed by atoms with Crippen LogP contribution in [0, 0.1) is 6.92 Å².